The van der Waals surface area contributed by atoms with Crippen LogP contribution in [-0.4, -0.2) is 16.2 Å². The number of hydrogen-bond acceptors (Lipinski definition) is 4. The lowest BCUT2D eigenvalue weighted by Crippen LogP contribution is -2.25. The van der Waals surface area contributed by atoms with E-state index in [1.807, 2.05) is 12.3 Å². The van der Waals surface area contributed by atoms with Gasteiger partial charge in [-0.15, -0.1) is 0 Å². The Labute approximate surface area is 326 Å². The van der Waals surface area contributed by atoms with Crippen molar-refractivity contribution in [3.05, 3.63) is 157 Å². The second kappa shape index (κ2) is 13.5. The first kappa shape index (κ1) is 36.2. The Morgan fingerprint density at radius 3 is 1.89 bits per heavy atom. The van der Waals surface area contributed by atoms with Crippen molar-refractivity contribution in [2.24, 2.45) is 0 Å². The fourth-order valence-electron chi connectivity index (χ4n) is 7.42. The Morgan fingerprint density at radius 2 is 1.16 bits per heavy atom. The summed E-state index contributed by atoms with van der Waals surface area (Å²) in [6.07, 6.45) is 6.25. The molecule has 0 aliphatic carbocycles. The van der Waals surface area contributed by atoms with Crippen LogP contribution >= 0.6 is 0 Å². The molecule has 7 aromatic rings. The minimum Gasteiger partial charge on any atom is -0.457 e. The van der Waals surface area contributed by atoms with Gasteiger partial charge in [-0.2, -0.15) is 0 Å². The van der Waals surface area contributed by atoms with Gasteiger partial charge in [0.25, 0.3) is 0 Å². The number of ether oxygens (including phenoxy) is 1. The molecule has 0 saturated carbocycles. The van der Waals surface area contributed by atoms with Gasteiger partial charge in [-0.05, 0) is 98.7 Å². The topological polar surface area (TPSA) is 33.5 Å². The zero-order valence-corrected chi connectivity index (χ0v) is 33.7. The number of hydrogen-bond donors (Lipinski definition) is 0. The normalized spacial score (nSPS) is 13.7. The van der Waals surface area contributed by atoms with Crippen molar-refractivity contribution in [1.29, 1.82) is 0 Å². The van der Waals surface area contributed by atoms with Crippen molar-refractivity contribution in [3.8, 4) is 28.4 Å². The number of nitrogens with zero attached hydrogens (tertiary/aromatic N) is 4. The molecule has 0 bridgehead atoms. The summed E-state index contributed by atoms with van der Waals surface area (Å²) in [7, 11) is 0. The fourth-order valence-corrected chi connectivity index (χ4v) is 7.42. The van der Waals surface area contributed by atoms with Crippen LogP contribution in [0.15, 0.2) is 140 Å². The second-order valence-corrected chi connectivity index (χ2v) is 18.0. The molecule has 5 heteroatoms. The first-order valence-electron chi connectivity index (χ1n) is 19.4. The number of aromatic nitrogens is 2. The van der Waals surface area contributed by atoms with Crippen molar-refractivity contribution in [1.82, 2.24) is 9.55 Å². The van der Waals surface area contributed by atoms with Crippen molar-refractivity contribution < 1.29 is 4.74 Å². The van der Waals surface area contributed by atoms with Gasteiger partial charge in [0.05, 0.1) is 17.7 Å². The van der Waals surface area contributed by atoms with E-state index in [0.717, 1.165) is 34.0 Å². The monoisotopic (exact) mass is 724 g/mol. The standard InChI is InChI=1S/C50H52N4O/c1-48(2,3)36-19-17-34(18-20-36)35-27-38(50(7,8)9)29-40(28-35)53-26-25-52(33-53)39-13-12-14-41(31-39)55-42-21-22-44-43-15-10-11-16-45(43)54(46(44)32-42)47-30-37(23-24-51-47)49(4,5)6/h10-32H,33H2,1-9H3. The highest BCUT2D eigenvalue weighted by atomic mass is 16.5. The maximum Gasteiger partial charge on any atom is 0.137 e. The Bertz CT molecular complexity index is 2560. The Balaban J connectivity index is 1.07. The Morgan fingerprint density at radius 1 is 0.491 bits per heavy atom. The maximum absolute atomic E-state index is 6.61. The number of fused-ring (bicyclic) bond motifs is 3. The summed E-state index contributed by atoms with van der Waals surface area (Å²) in [6.45, 7) is 21.1. The zero-order chi connectivity index (χ0) is 38.7. The molecule has 8 rings (SSSR count). The predicted molar refractivity (Wildman–Crippen MR) is 232 cm³/mol. The van der Waals surface area contributed by atoms with Crippen molar-refractivity contribution in [3.63, 3.8) is 0 Å². The van der Waals surface area contributed by atoms with Gasteiger partial charge in [0, 0.05) is 52.9 Å². The van der Waals surface area contributed by atoms with Gasteiger partial charge in [-0.1, -0.05) is 117 Å². The van der Waals surface area contributed by atoms with Gasteiger partial charge >= 0.3 is 0 Å². The molecule has 5 aromatic carbocycles. The largest absolute Gasteiger partial charge is 0.457 e. The summed E-state index contributed by atoms with van der Waals surface area (Å²) in [5.41, 5.74) is 10.9. The summed E-state index contributed by atoms with van der Waals surface area (Å²) in [4.78, 5) is 9.44. The molecule has 2 aromatic heterocycles. The van der Waals surface area contributed by atoms with Gasteiger partial charge in [0.15, 0.2) is 0 Å². The third kappa shape index (κ3) is 7.24. The van der Waals surface area contributed by atoms with Crippen LogP contribution in [0.1, 0.15) is 79.0 Å². The molecule has 0 spiro atoms. The molecule has 5 nitrogen and oxygen atoms in total. The predicted octanol–water partition coefficient (Wildman–Crippen LogP) is 13.3. The van der Waals surface area contributed by atoms with Crippen molar-refractivity contribution >= 4 is 33.2 Å². The summed E-state index contributed by atoms with van der Waals surface area (Å²) in [6, 6.07) is 43.7. The van der Waals surface area contributed by atoms with E-state index < -0.39 is 0 Å². The van der Waals surface area contributed by atoms with Gasteiger partial charge < -0.3 is 14.5 Å². The lowest BCUT2D eigenvalue weighted by molar-refractivity contribution is 0.483. The van der Waals surface area contributed by atoms with Crippen molar-refractivity contribution in [2.45, 2.75) is 78.6 Å². The average molecular weight is 725 g/mol. The third-order valence-corrected chi connectivity index (χ3v) is 10.8. The quantitative estimate of drug-likeness (QED) is 0.171. The summed E-state index contributed by atoms with van der Waals surface area (Å²) >= 11 is 0. The molecule has 55 heavy (non-hydrogen) atoms. The smallest absolute Gasteiger partial charge is 0.137 e. The van der Waals surface area contributed by atoms with E-state index in [-0.39, 0.29) is 16.2 Å². The fraction of sp³-hybridized carbons (Fsp3) is 0.260. The summed E-state index contributed by atoms with van der Waals surface area (Å²) < 4.78 is 8.87. The molecule has 0 unspecified atom stereocenters. The second-order valence-electron chi connectivity index (χ2n) is 18.0. The molecule has 0 radical (unpaired) electrons. The summed E-state index contributed by atoms with van der Waals surface area (Å²) in [5, 5.41) is 2.36. The van der Waals surface area contributed by atoms with Crippen LogP contribution in [0, 0.1) is 0 Å². The minimum atomic E-state index is 0.00918. The lowest BCUT2D eigenvalue weighted by Gasteiger charge is -2.26. The minimum absolute atomic E-state index is 0.00918. The van der Waals surface area contributed by atoms with E-state index in [1.165, 1.54) is 44.3 Å². The molecule has 0 saturated heterocycles. The Hall–Kier alpha value is -5.81. The van der Waals surface area contributed by atoms with E-state index in [4.69, 9.17) is 9.72 Å². The zero-order valence-electron chi connectivity index (χ0n) is 33.7. The van der Waals surface area contributed by atoms with Crippen molar-refractivity contribution in [2.75, 3.05) is 16.5 Å². The summed E-state index contributed by atoms with van der Waals surface area (Å²) in [5.74, 6) is 2.47. The van der Waals surface area contributed by atoms with E-state index in [0.29, 0.717) is 6.67 Å². The van der Waals surface area contributed by atoms with Crippen LogP contribution in [0.5, 0.6) is 11.5 Å². The Kier molecular flexibility index (Phi) is 8.87. The first-order valence-corrected chi connectivity index (χ1v) is 19.4. The molecular weight excluding hydrogens is 673 g/mol. The number of anilines is 2. The highest BCUT2D eigenvalue weighted by Gasteiger charge is 2.22. The molecule has 1 aliphatic heterocycles. The van der Waals surface area contributed by atoms with E-state index in [2.05, 4.69) is 204 Å². The third-order valence-electron chi connectivity index (χ3n) is 10.8. The highest BCUT2D eigenvalue weighted by molar-refractivity contribution is 6.09. The van der Waals surface area contributed by atoms with Crippen LogP contribution in [0.3, 0.4) is 0 Å². The molecule has 278 valence electrons. The van der Waals surface area contributed by atoms with E-state index >= 15 is 0 Å². The maximum atomic E-state index is 6.61. The molecule has 3 heterocycles. The molecule has 1 aliphatic rings. The highest BCUT2D eigenvalue weighted by Crippen LogP contribution is 2.38. The number of pyridine rings is 1. The van der Waals surface area contributed by atoms with Gasteiger partial charge in [0.2, 0.25) is 0 Å². The first-order chi connectivity index (χ1) is 26.1. The van der Waals surface area contributed by atoms with Crippen LogP contribution < -0.4 is 14.5 Å². The molecule has 0 fully saturated rings. The number of benzene rings is 5. The average Bonchev–Trinajstić information content (AvgIpc) is 3.78. The molecule has 0 atom stereocenters. The number of para-hydroxylation sites is 1. The van der Waals surface area contributed by atoms with Gasteiger partial charge in [-0.25, -0.2) is 4.98 Å². The van der Waals surface area contributed by atoms with Crippen LogP contribution in [0.2, 0.25) is 0 Å². The van der Waals surface area contributed by atoms with Gasteiger partial charge in [-0.3, -0.25) is 4.57 Å². The molecule has 0 N–H and O–H groups in total. The van der Waals surface area contributed by atoms with Crippen LogP contribution in [0.4, 0.5) is 11.4 Å². The van der Waals surface area contributed by atoms with E-state index in [1.54, 1.807) is 0 Å². The number of rotatable bonds is 6. The van der Waals surface area contributed by atoms with Crippen LogP contribution in [0.25, 0.3) is 38.8 Å². The van der Waals surface area contributed by atoms with Crippen LogP contribution in [-0.2, 0) is 16.2 Å². The molecule has 0 amide bonds. The molecular formula is C50H52N4O. The SMILES string of the molecule is CC(C)(C)c1ccc(-c2cc(N3C=CN(c4cccc(Oc5ccc6c7ccccc7n(-c7cc(C(C)(C)C)ccn7)c6c5)c4)C3)cc(C(C)(C)C)c2)cc1. The van der Waals surface area contributed by atoms with E-state index in [9.17, 15) is 0 Å². The van der Waals surface area contributed by atoms with Gasteiger partial charge in [0.1, 0.15) is 17.3 Å². The lowest BCUT2D eigenvalue weighted by atomic mass is 9.84.